The largest absolute Gasteiger partial charge is 0.472 e. The minimum absolute atomic E-state index is 0.177. The normalized spacial score (nSPS) is 21.7. The summed E-state index contributed by atoms with van der Waals surface area (Å²) in [5, 5.41) is 2.17. The third kappa shape index (κ3) is 26.5. The minimum atomic E-state index is 0.177. The summed E-state index contributed by atoms with van der Waals surface area (Å²) in [5.41, 5.74) is 23.4. The monoisotopic (exact) mass is 1850 g/mol. The lowest BCUT2D eigenvalue weighted by molar-refractivity contribution is 0.122. The first-order valence-corrected chi connectivity index (χ1v) is 53.1. The van der Waals surface area contributed by atoms with Crippen LogP contribution in [-0.2, 0) is 0 Å². The number of aromatic nitrogens is 1. The Hall–Kier alpha value is -8.72. The summed E-state index contributed by atoms with van der Waals surface area (Å²) < 4.78 is 5.27. The van der Waals surface area contributed by atoms with Gasteiger partial charge in [-0.05, 0) is 416 Å². The molecule has 19 rings (SSSR count). The molecular weight excluding hydrogens is 1680 g/mol. The second kappa shape index (κ2) is 46.1. The molecule has 8 aliphatic heterocycles. The SMILES string of the molecule is CC(C)(C)N1CCCC1c1ccccc1-c1cccs1.CC(C)(C)N1CCCC1c1ccccc1-c1ccncc1.CC(C)(C)N1CCCC1c1ccccc1-c1ccoc1.CC(C)(C)N1CCCC1c1ccccc1N1CCCC1.CN(C)c1ccccc1C1CCCN1C(C)(C)C.CN(c1ccccc1C1CCCN1C(C)(C)C)C1CC1.[C-]#[N+]c1ccccc1C1CCCN1C(C)(C)C. The Morgan fingerprint density at radius 1 is 0.316 bits per heavy atom. The van der Waals surface area contributed by atoms with Crippen molar-refractivity contribution in [3.63, 3.8) is 0 Å². The first-order chi connectivity index (χ1) is 64.7. The fourth-order valence-corrected chi connectivity index (χ4v) is 24.3. The van der Waals surface area contributed by atoms with Crippen molar-refractivity contribution in [3.8, 4) is 32.7 Å². The smallest absolute Gasteiger partial charge is 0.191 e. The highest BCUT2D eigenvalue weighted by molar-refractivity contribution is 7.13. The van der Waals surface area contributed by atoms with Gasteiger partial charge in [0.2, 0.25) is 0 Å². The molecular formula is C122H172N12OS. The molecule has 11 heterocycles. The van der Waals surface area contributed by atoms with Crippen molar-refractivity contribution in [1.29, 1.82) is 0 Å². The van der Waals surface area contributed by atoms with Crippen molar-refractivity contribution in [1.82, 2.24) is 39.3 Å². The number of para-hydroxylation sites is 4. The molecule has 10 aromatic rings. The molecule has 1 aliphatic carbocycles. The summed E-state index contributed by atoms with van der Waals surface area (Å²) in [6.45, 7) is 66.9. The minimum Gasteiger partial charge on any atom is -0.472 e. The van der Waals surface area contributed by atoms with E-state index >= 15 is 0 Å². The summed E-state index contributed by atoms with van der Waals surface area (Å²) in [6, 6.07) is 76.8. The number of thiophene rings is 1. The molecule has 8 saturated heterocycles. The topological polar surface area (TPSA) is 62.8 Å². The molecule has 1 saturated carbocycles. The Kier molecular flexibility index (Phi) is 35.5. The Balaban J connectivity index is 0.000000134. The number of benzene rings is 7. The second-order valence-electron chi connectivity index (χ2n) is 46.9. The number of likely N-dealkylation sites (tertiary alicyclic amines) is 7. The van der Waals surface area contributed by atoms with Crippen LogP contribution in [0.25, 0.3) is 37.5 Å². The van der Waals surface area contributed by atoms with E-state index < -0.39 is 0 Å². The third-order valence-electron chi connectivity index (χ3n) is 30.1. The van der Waals surface area contributed by atoms with Gasteiger partial charge in [-0.1, -0.05) is 158 Å². The van der Waals surface area contributed by atoms with Crippen LogP contribution in [0.1, 0.15) is 342 Å². The van der Waals surface area contributed by atoms with Gasteiger partial charge in [-0.15, -0.1) is 11.3 Å². The summed E-state index contributed by atoms with van der Waals surface area (Å²) >= 11 is 1.84. The van der Waals surface area contributed by atoms with Gasteiger partial charge in [0.15, 0.2) is 5.69 Å². The van der Waals surface area contributed by atoms with E-state index in [1.54, 1.807) is 11.8 Å². The van der Waals surface area contributed by atoms with Crippen molar-refractivity contribution in [2.24, 2.45) is 0 Å². The van der Waals surface area contributed by atoms with Crippen molar-refractivity contribution in [2.75, 3.05) is 94.7 Å². The van der Waals surface area contributed by atoms with Crippen LogP contribution in [0.5, 0.6) is 0 Å². The fourth-order valence-electron chi connectivity index (χ4n) is 23.6. The highest BCUT2D eigenvalue weighted by Gasteiger charge is 2.43. The summed E-state index contributed by atoms with van der Waals surface area (Å²) in [5.74, 6) is 0. The number of furan rings is 1. The van der Waals surface area contributed by atoms with Crippen LogP contribution < -0.4 is 14.7 Å². The van der Waals surface area contributed by atoms with Gasteiger partial charge in [-0.2, -0.15) is 0 Å². The zero-order valence-corrected chi connectivity index (χ0v) is 89.1. The standard InChI is InChI=1S/C19H24N2.2C18H28N2.C18H23NO.C18H23NS.C16H26N2.C15H20N2/c1-19(2,3)21-14-6-9-18(21)17-8-5-4-7-16(17)15-10-12-20-13-11-15;1-18(2,3)20-13-7-10-17(20)15-8-5-6-9-16(15)19(4)14-11-12-14;1-18(2,3)20-14-8-11-17(20)15-9-4-5-10-16(15)19-12-6-7-13-19;1-18(2,3)19-11-6-9-17(19)16-8-5-4-7-15(16)14-10-12-20-13-14;1-18(2,3)19-12-6-10-16(19)14-8-4-5-9-15(14)17-11-7-13-20-17;1-16(2,3)18-12-8-11-15(18)13-9-6-7-10-14(13)17(4)5;1-15(2,3)17-11-7-10-14(17)12-8-5-6-9-13(12)16-4/h4-5,7-8,10-13,18H,6,9,14H2,1-3H3;5-6,8-9,14,17H,7,10-13H2,1-4H3;4-5,9-10,17H,6-8,11-14H2,1-3H3;4-5,7-8,10,12-13,17H,6,9,11H2,1-3H3;4-5,7-9,11,13,16H,6,10,12H2,1-3H3;6-7,9-10,15H,8,11-12H2,1-5H3;5-6,8-9,14H,7,10-11H2,1-3H3. The zero-order chi connectivity index (χ0) is 97.5. The molecule has 7 unspecified atom stereocenters. The maximum absolute atomic E-state index is 7.28. The third-order valence-corrected chi connectivity index (χ3v) is 31.0. The van der Waals surface area contributed by atoms with E-state index in [0.717, 1.165) is 18.3 Å². The summed E-state index contributed by atoms with van der Waals surface area (Å²) in [6.07, 6.45) is 30.7. The van der Waals surface area contributed by atoms with Gasteiger partial charge in [0.1, 0.15) is 0 Å². The lowest BCUT2D eigenvalue weighted by Crippen LogP contribution is -2.41. The fraction of sp³-hybridized carbons (Fsp3) is 0.541. The molecule has 14 heteroatoms. The molecule has 0 bridgehead atoms. The van der Waals surface area contributed by atoms with Crippen molar-refractivity contribution < 1.29 is 4.42 Å². The molecule has 7 atom stereocenters. The molecule has 0 radical (unpaired) electrons. The number of nitrogens with zero attached hydrogens (tertiary/aromatic N) is 12. The first-order valence-electron chi connectivity index (χ1n) is 52.2. The van der Waals surface area contributed by atoms with Crippen molar-refractivity contribution >= 4 is 34.1 Å². The van der Waals surface area contributed by atoms with E-state index in [9.17, 15) is 0 Å². The Morgan fingerprint density at radius 2 is 0.640 bits per heavy atom. The number of hydrogen-bond donors (Lipinski definition) is 0. The average molecular weight is 1850 g/mol. The van der Waals surface area contributed by atoms with E-state index in [1.165, 1.54) is 251 Å². The summed E-state index contributed by atoms with van der Waals surface area (Å²) in [7, 11) is 6.54. The molecule has 0 amide bonds. The highest BCUT2D eigenvalue weighted by Crippen LogP contribution is 2.50. The zero-order valence-electron chi connectivity index (χ0n) is 88.3. The molecule has 7 aromatic carbocycles. The number of rotatable bonds is 14. The van der Waals surface area contributed by atoms with Crippen LogP contribution in [0.2, 0.25) is 0 Å². The molecule has 9 aliphatic rings. The molecule has 0 N–H and O–H groups in total. The van der Waals surface area contributed by atoms with Gasteiger partial charge < -0.3 is 19.1 Å². The van der Waals surface area contributed by atoms with E-state index in [4.69, 9.17) is 11.0 Å². The van der Waals surface area contributed by atoms with Gasteiger partial charge in [0, 0.05) is 161 Å². The lowest BCUT2D eigenvalue weighted by Gasteiger charge is -2.38. The van der Waals surface area contributed by atoms with E-state index in [-0.39, 0.29) is 38.8 Å². The van der Waals surface area contributed by atoms with E-state index in [0.29, 0.717) is 42.3 Å². The molecule has 9 fully saturated rings. The predicted molar refractivity (Wildman–Crippen MR) is 582 cm³/mol. The molecule has 0 spiro atoms. The van der Waals surface area contributed by atoms with Gasteiger partial charge in [0.25, 0.3) is 0 Å². The van der Waals surface area contributed by atoms with Crippen LogP contribution in [0.15, 0.2) is 235 Å². The van der Waals surface area contributed by atoms with Gasteiger partial charge in [-0.3, -0.25) is 39.3 Å². The first kappa shape index (κ1) is 105. The lowest BCUT2D eigenvalue weighted by atomic mass is 9.92. The highest BCUT2D eigenvalue weighted by atomic mass is 32.1. The predicted octanol–water partition coefficient (Wildman–Crippen LogP) is 31.2. The van der Waals surface area contributed by atoms with Gasteiger partial charge >= 0.3 is 0 Å². The van der Waals surface area contributed by atoms with Gasteiger partial charge in [0.05, 0.1) is 19.1 Å². The number of pyridine rings is 1. The Labute approximate surface area is 828 Å². The van der Waals surface area contributed by atoms with E-state index in [2.05, 4.69) is 413 Å². The van der Waals surface area contributed by atoms with Crippen LogP contribution in [0, 0.1) is 6.57 Å². The molecule has 136 heavy (non-hydrogen) atoms. The number of hydrogen-bond acceptors (Lipinski definition) is 13. The number of anilines is 3. The van der Waals surface area contributed by atoms with Gasteiger partial charge in [-0.25, -0.2) is 4.85 Å². The molecule has 3 aromatic heterocycles. The Bertz CT molecular complexity index is 5180. The van der Waals surface area contributed by atoms with Crippen molar-refractivity contribution in [2.45, 2.75) is 348 Å². The van der Waals surface area contributed by atoms with Crippen LogP contribution in [0.4, 0.5) is 22.7 Å². The maximum Gasteiger partial charge on any atom is 0.191 e. The second-order valence-corrected chi connectivity index (χ2v) is 47.9. The van der Waals surface area contributed by atoms with Crippen LogP contribution >= 0.6 is 11.3 Å². The maximum atomic E-state index is 7.28. The Morgan fingerprint density at radius 3 is 1.01 bits per heavy atom. The van der Waals surface area contributed by atoms with E-state index in [1.807, 2.05) is 48.2 Å². The average Bonchev–Trinajstić information content (AvgIpc) is 1.63. The quantitative estimate of drug-likeness (QED) is 0.0975. The molecule has 13 nitrogen and oxygen atoms in total. The molecule has 732 valence electrons. The van der Waals surface area contributed by atoms with Crippen molar-refractivity contribution in [3.05, 3.63) is 281 Å². The van der Waals surface area contributed by atoms with Crippen LogP contribution in [0.3, 0.4) is 0 Å². The van der Waals surface area contributed by atoms with Crippen LogP contribution in [-0.4, -0.2) is 164 Å². The summed E-state index contributed by atoms with van der Waals surface area (Å²) in [4.78, 5) is 35.0.